The van der Waals surface area contributed by atoms with Gasteiger partial charge in [0.2, 0.25) is 6.08 Å². The van der Waals surface area contributed by atoms with Crippen LogP contribution in [0.5, 0.6) is 0 Å². The summed E-state index contributed by atoms with van der Waals surface area (Å²) < 4.78 is 23.5. The fraction of sp³-hybridized carbons (Fsp3) is 0.417. The summed E-state index contributed by atoms with van der Waals surface area (Å²) >= 11 is 0. The summed E-state index contributed by atoms with van der Waals surface area (Å²) in [6.45, 7) is 1.83. The molecule has 0 heterocycles. The minimum atomic E-state index is -3.31. The van der Waals surface area contributed by atoms with Crippen LogP contribution in [-0.4, -0.2) is 20.8 Å². The number of hydrogen-bond acceptors (Lipinski definition) is 4. The maximum atomic E-state index is 11.7. The molecule has 90 valence electrons. The fourth-order valence-corrected chi connectivity index (χ4v) is 3.03. The van der Waals surface area contributed by atoms with Crippen LogP contribution < -0.4 is 0 Å². The zero-order valence-corrected chi connectivity index (χ0v) is 10.5. The summed E-state index contributed by atoms with van der Waals surface area (Å²) in [7, 11) is -3.31. The van der Waals surface area contributed by atoms with Crippen LogP contribution in [-0.2, 0) is 20.2 Å². The molecule has 2 rings (SSSR count). The van der Waals surface area contributed by atoms with Gasteiger partial charge in [-0.05, 0) is 37.0 Å². The number of carbonyl (C=O) groups excluding carboxylic acids is 1. The molecular formula is C12H13NO3S. The van der Waals surface area contributed by atoms with E-state index in [0.29, 0.717) is 18.4 Å². The number of aliphatic imine (C=N–C) groups is 1. The van der Waals surface area contributed by atoms with E-state index in [1.807, 2.05) is 13.0 Å². The molecule has 0 unspecified atom stereocenters. The first-order valence-corrected chi connectivity index (χ1v) is 7.18. The maximum absolute atomic E-state index is 11.7. The highest BCUT2D eigenvalue weighted by Gasteiger charge is 2.47. The predicted molar refractivity (Wildman–Crippen MR) is 63.3 cm³/mol. The van der Waals surface area contributed by atoms with Crippen LogP contribution in [0, 0.1) is 6.92 Å². The molecule has 1 aromatic rings. The minimum absolute atomic E-state index is 0.272. The number of nitrogens with zero attached hydrogens (tertiary/aromatic N) is 1. The molecule has 1 aliphatic rings. The van der Waals surface area contributed by atoms with Gasteiger partial charge in [0, 0.05) is 6.26 Å². The summed E-state index contributed by atoms with van der Waals surface area (Å²) in [4.78, 5) is 14.5. The molecule has 0 bridgehead atoms. The molecule has 17 heavy (non-hydrogen) atoms. The van der Waals surface area contributed by atoms with Crippen molar-refractivity contribution in [3.63, 3.8) is 0 Å². The van der Waals surface area contributed by atoms with Crippen molar-refractivity contribution in [2.75, 3.05) is 6.26 Å². The zero-order valence-electron chi connectivity index (χ0n) is 9.73. The average Bonchev–Trinajstić information content (AvgIpc) is 2.98. The van der Waals surface area contributed by atoms with E-state index in [2.05, 4.69) is 4.99 Å². The van der Waals surface area contributed by atoms with E-state index in [-0.39, 0.29) is 4.90 Å². The van der Waals surface area contributed by atoms with Gasteiger partial charge in [-0.3, -0.25) is 0 Å². The lowest BCUT2D eigenvalue weighted by atomic mass is 10.0. The van der Waals surface area contributed by atoms with E-state index >= 15 is 0 Å². The van der Waals surface area contributed by atoms with E-state index in [4.69, 9.17) is 0 Å². The van der Waals surface area contributed by atoms with Gasteiger partial charge in [-0.1, -0.05) is 12.1 Å². The molecule has 5 heteroatoms. The summed E-state index contributed by atoms with van der Waals surface area (Å²) in [6, 6.07) is 5.22. The highest BCUT2D eigenvalue weighted by molar-refractivity contribution is 7.90. The molecule has 0 radical (unpaired) electrons. The van der Waals surface area contributed by atoms with Gasteiger partial charge in [-0.15, -0.1) is 0 Å². The second-order valence-corrected chi connectivity index (χ2v) is 6.49. The van der Waals surface area contributed by atoms with E-state index in [0.717, 1.165) is 5.56 Å². The molecule has 0 N–H and O–H groups in total. The Morgan fingerprint density at radius 2 is 2.00 bits per heavy atom. The minimum Gasteiger partial charge on any atom is -0.224 e. The molecule has 4 nitrogen and oxygen atoms in total. The third-order valence-corrected chi connectivity index (χ3v) is 4.16. The van der Waals surface area contributed by atoms with Gasteiger partial charge in [0.05, 0.1) is 10.4 Å². The van der Waals surface area contributed by atoms with Crippen LogP contribution in [0.4, 0.5) is 0 Å². The normalized spacial score (nSPS) is 17.3. The van der Waals surface area contributed by atoms with Gasteiger partial charge < -0.3 is 0 Å². The number of benzene rings is 1. The van der Waals surface area contributed by atoms with Gasteiger partial charge in [0.1, 0.15) is 0 Å². The van der Waals surface area contributed by atoms with E-state index < -0.39 is 15.4 Å². The Morgan fingerprint density at radius 1 is 1.35 bits per heavy atom. The molecule has 1 fully saturated rings. The monoisotopic (exact) mass is 251 g/mol. The summed E-state index contributed by atoms with van der Waals surface area (Å²) in [5.74, 6) is 0. The molecule has 0 amide bonds. The summed E-state index contributed by atoms with van der Waals surface area (Å²) in [5.41, 5.74) is 0.849. The number of sulfone groups is 1. The Morgan fingerprint density at radius 3 is 2.47 bits per heavy atom. The lowest BCUT2D eigenvalue weighted by Gasteiger charge is -2.13. The standard InChI is InChI=1S/C12H13NO3S/c1-9-3-4-10(11(7-9)17(2,15)16)12(5-6-12)13-8-14/h3-4,7H,5-6H2,1-2H3. The first-order valence-electron chi connectivity index (χ1n) is 5.29. The number of aryl methyl sites for hydroxylation is 1. The van der Waals surface area contributed by atoms with Gasteiger partial charge in [0.25, 0.3) is 0 Å². The van der Waals surface area contributed by atoms with Crippen molar-refractivity contribution < 1.29 is 13.2 Å². The molecular weight excluding hydrogens is 238 g/mol. The summed E-state index contributed by atoms with van der Waals surface area (Å²) in [6.07, 6.45) is 4.12. The van der Waals surface area contributed by atoms with Crippen LogP contribution in [0.25, 0.3) is 0 Å². The van der Waals surface area contributed by atoms with E-state index in [1.54, 1.807) is 18.2 Å². The first kappa shape index (κ1) is 12.0. The highest BCUT2D eigenvalue weighted by Crippen LogP contribution is 2.51. The van der Waals surface area contributed by atoms with Gasteiger partial charge >= 0.3 is 0 Å². The second kappa shape index (κ2) is 3.79. The molecule has 0 aliphatic heterocycles. The van der Waals surface area contributed by atoms with Crippen molar-refractivity contribution >= 4 is 15.9 Å². The zero-order chi connectivity index (χ0) is 12.7. The number of hydrogen-bond donors (Lipinski definition) is 0. The van der Waals surface area contributed by atoms with Crippen LogP contribution in [0.15, 0.2) is 28.1 Å². The lowest BCUT2D eigenvalue weighted by molar-refractivity contribution is 0.554. The van der Waals surface area contributed by atoms with E-state index in [1.165, 1.54) is 6.26 Å². The Kier molecular flexibility index (Phi) is 2.68. The van der Waals surface area contributed by atoms with Crippen molar-refractivity contribution in [2.45, 2.75) is 30.2 Å². The number of isocyanates is 1. The van der Waals surface area contributed by atoms with Gasteiger partial charge in [-0.25, -0.2) is 13.2 Å². The third-order valence-electron chi connectivity index (χ3n) is 3.02. The Hall–Kier alpha value is -1.45. The molecule has 1 aromatic carbocycles. The highest BCUT2D eigenvalue weighted by atomic mass is 32.2. The van der Waals surface area contributed by atoms with Crippen molar-refractivity contribution in [3.05, 3.63) is 29.3 Å². The van der Waals surface area contributed by atoms with Crippen molar-refractivity contribution in [1.29, 1.82) is 0 Å². The van der Waals surface area contributed by atoms with Crippen LogP contribution >= 0.6 is 0 Å². The van der Waals surface area contributed by atoms with Gasteiger partial charge in [-0.2, -0.15) is 4.99 Å². The topological polar surface area (TPSA) is 63.6 Å². The second-order valence-electron chi connectivity index (χ2n) is 4.51. The number of rotatable bonds is 3. The maximum Gasteiger partial charge on any atom is 0.235 e. The largest absolute Gasteiger partial charge is 0.235 e. The Labute approximate surface area is 100 Å². The fourth-order valence-electron chi connectivity index (χ4n) is 1.97. The molecule has 0 saturated heterocycles. The first-order chi connectivity index (χ1) is 7.89. The van der Waals surface area contributed by atoms with Crippen LogP contribution in [0.2, 0.25) is 0 Å². The summed E-state index contributed by atoms with van der Waals surface area (Å²) in [5, 5.41) is 0. The molecule has 0 atom stereocenters. The smallest absolute Gasteiger partial charge is 0.224 e. The van der Waals surface area contributed by atoms with Crippen LogP contribution in [0.1, 0.15) is 24.0 Å². The lowest BCUT2D eigenvalue weighted by Crippen LogP contribution is -2.10. The Balaban J connectivity index is 2.67. The van der Waals surface area contributed by atoms with E-state index in [9.17, 15) is 13.2 Å². The third kappa shape index (κ3) is 2.16. The van der Waals surface area contributed by atoms with Crippen LogP contribution in [0.3, 0.4) is 0 Å². The van der Waals surface area contributed by atoms with Crippen molar-refractivity contribution in [2.24, 2.45) is 4.99 Å². The predicted octanol–water partition coefficient (Wildman–Crippen LogP) is 1.72. The SMILES string of the molecule is Cc1ccc(C2(N=C=O)CC2)c(S(C)(=O)=O)c1. The van der Waals surface area contributed by atoms with Crippen molar-refractivity contribution in [3.8, 4) is 0 Å². The molecule has 1 aliphatic carbocycles. The Bertz CT molecular complexity index is 609. The molecule has 1 saturated carbocycles. The quantitative estimate of drug-likeness (QED) is 0.607. The molecule has 0 aromatic heterocycles. The molecule has 0 spiro atoms. The van der Waals surface area contributed by atoms with Crippen molar-refractivity contribution in [1.82, 2.24) is 0 Å². The average molecular weight is 251 g/mol. The van der Waals surface area contributed by atoms with Gasteiger partial charge in [0.15, 0.2) is 9.84 Å².